The molecule has 16 heavy (non-hydrogen) atoms. The first-order valence-corrected chi connectivity index (χ1v) is 7.47. The summed E-state index contributed by atoms with van der Waals surface area (Å²) < 4.78 is 1.20. The zero-order chi connectivity index (χ0) is 11.5. The summed E-state index contributed by atoms with van der Waals surface area (Å²) in [7, 11) is 0. The van der Waals surface area contributed by atoms with Crippen molar-refractivity contribution in [1.82, 2.24) is 4.90 Å². The first kappa shape index (κ1) is 12.6. The third kappa shape index (κ3) is 3.29. The smallest absolute Gasteiger partial charge is 0.0701 e. The summed E-state index contributed by atoms with van der Waals surface area (Å²) in [6.07, 6.45) is 3.23. The van der Waals surface area contributed by atoms with E-state index in [9.17, 15) is 5.11 Å². The molecular formula is C12H18BrNOS. The summed E-state index contributed by atoms with van der Waals surface area (Å²) in [5.74, 6) is 0. The van der Waals surface area contributed by atoms with Crippen molar-refractivity contribution in [3.05, 3.63) is 20.8 Å². The summed E-state index contributed by atoms with van der Waals surface area (Å²) in [5, 5.41) is 11.7. The average Bonchev–Trinajstić information content (AvgIpc) is 2.77. The number of likely N-dealkylation sites (tertiary alicyclic amines) is 1. The van der Waals surface area contributed by atoms with Gasteiger partial charge in [-0.15, -0.1) is 11.3 Å². The molecule has 0 spiro atoms. The van der Waals surface area contributed by atoms with Gasteiger partial charge in [0, 0.05) is 12.6 Å². The maximum atomic E-state index is 9.47. The standard InChI is InChI=1S/C12H18BrNOS/c1-9(15)5-11-3-2-4-14(11)7-10-6-12(13)16-8-10/h6,8-9,11,15H,2-5,7H2,1H3. The van der Waals surface area contributed by atoms with Gasteiger partial charge in [0.2, 0.25) is 0 Å². The number of aliphatic hydroxyl groups excluding tert-OH is 1. The van der Waals surface area contributed by atoms with Crippen LogP contribution in [0.3, 0.4) is 0 Å². The Labute approximate surface area is 109 Å². The van der Waals surface area contributed by atoms with E-state index < -0.39 is 0 Å². The molecule has 0 aliphatic carbocycles. The highest BCUT2D eigenvalue weighted by Crippen LogP contribution is 2.27. The largest absolute Gasteiger partial charge is 0.393 e. The molecular weight excluding hydrogens is 286 g/mol. The average molecular weight is 304 g/mol. The van der Waals surface area contributed by atoms with Crippen LogP contribution in [0.1, 0.15) is 31.7 Å². The second kappa shape index (κ2) is 5.63. The van der Waals surface area contributed by atoms with E-state index in [0.717, 1.165) is 13.0 Å². The molecule has 2 atom stereocenters. The van der Waals surface area contributed by atoms with Crippen molar-refractivity contribution >= 4 is 27.3 Å². The fraction of sp³-hybridized carbons (Fsp3) is 0.667. The van der Waals surface area contributed by atoms with E-state index in [-0.39, 0.29) is 6.10 Å². The van der Waals surface area contributed by atoms with Gasteiger partial charge >= 0.3 is 0 Å². The maximum absolute atomic E-state index is 9.47. The van der Waals surface area contributed by atoms with Crippen molar-refractivity contribution in [2.75, 3.05) is 6.54 Å². The van der Waals surface area contributed by atoms with Crippen LogP contribution in [0.15, 0.2) is 15.2 Å². The minimum Gasteiger partial charge on any atom is -0.393 e. The number of halogens is 1. The van der Waals surface area contributed by atoms with Crippen molar-refractivity contribution in [3.63, 3.8) is 0 Å². The molecule has 0 bridgehead atoms. The summed E-state index contributed by atoms with van der Waals surface area (Å²) in [6.45, 7) is 4.09. The van der Waals surface area contributed by atoms with Gasteiger partial charge < -0.3 is 5.11 Å². The number of nitrogens with zero attached hydrogens (tertiary/aromatic N) is 1. The van der Waals surface area contributed by atoms with Gasteiger partial charge in [-0.05, 0) is 65.7 Å². The first-order valence-electron chi connectivity index (χ1n) is 5.80. The highest BCUT2D eigenvalue weighted by molar-refractivity contribution is 9.11. The SMILES string of the molecule is CC(O)CC1CCCN1Cc1csc(Br)c1. The van der Waals surface area contributed by atoms with E-state index >= 15 is 0 Å². The molecule has 1 saturated heterocycles. The van der Waals surface area contributed by atoms with E-state index in [4.69, 9.17) is 0 Å². The van der Waals surface area contributed by atoms with Crippen LogP contribution in [-0.2, 0) is 6.54 Å². The second-order valence-electron chi connectivity index (χ2n) is 4.61. The summed E-state index contributed by atoms with van der Waals surface area (Å²) >= 11 is 5.24. The van der Waals surface area contributed by atoms with Crippen LogP contribution in [0.25, 0.3) is 0 Å². The molecule has 0 amide bonds. The molecule has 1 aliphatic heterocycles. The summed E-state index contributed by atoms with van der Waals surface area (Å²) in [4.78, 5) is 2.50. The van der Waals surface area contributed by atoms with E-state index in [0.29, 0.717) is 6.04 Å². The Morgan fingerprint density at radius 3 is 3.12 bits per heavy atom. The fourth-order valence-electron chi connectivity index (χ4n) is 2.43. The quantitative estimate of drug-likeness (QED) is 0.923. The van der Waals surface area contributed by atoms with E-state index in [1.54, 1.807) is 11.3 Å². The molecule has 1 N–H and O–H groups in total. The minimum absolute atomic E-state index is 0.181. The Bertz CT molecular complexity index is 340. The Morgan fingerprint density at radius 2 is 2.50 bits per heavy atom. The third-order valence-electron chi connectivity index (χ3n) is 3.12. The van der Waals surface area contributed by atoms with Gasteiger partial charge in [-0.2, -0.15) is 0 Å². The molecule has 1 fully saturated rings. The summed E-state index contributed by atoms with van der Waals surface area (Å²) in [6, 6.07) is 2.77. The van der Waals surface area contributed by atoms with Gasteiger partial charge in [-0.3, -0.25) is 4.90 Å². The maximum Gasteiger partial charge on any atom is 0.0701 e. The van der Waals surface area contributed by atoms with Gasteiger partial charge in [-0.1, -0.05) is 0 Å². The first-order chi connectivity index (χ1) is 7.65. The summed E-state index contributed by atoms with van der Waals surface area (Å²) in [5.41, 5.74) is 1.38. The highest BCUT2D eigenvalue weighted by atomic mass is 79.9. The molecule has 0 radical (unpaired) electrons. The zero-order valence-electron chi connectivity index (χ0n) is 9.53. The normalized spacial score (nSPS) is 23.8. The molecule has 2 rings (SSSR count). The topological polar surface area (TPSA) is 23.5 Å². The van der Waals surface area contributed by atoms with Crippen molar-refractivity contribution in [2.45, 2.75) is 44.9 Å². The van der Waals surface area contributed by atoms with Crippen LogP contribution < -0.4 is 0 Å². The molecule has 2 nitrogen and oxygen atoms in total. The second-order valence-corrected chi connectivity index (χ2v) is 6.90. The van der Waals surface area contributed by atoms with Crippen LogP contribution in [0, 0.1) is 0 Å². The Balaban J connectivity index is 1.93. The number of aliphatic hydroxyl groups is 1. The molecule has 2 heterocycles. The van der Waals surface area contributed by atoms with E-state index in [2.05, 4.69) is 32.3 Å². The molecule has 4 heteroatoms. The molecule has 0 saturated carbocycles. The highest BCUT2D eigenvalue weighted by Gasteiger charge is 2.25. The van der Waals surface area contributed by atoms with Gasteiger partial charge in [0.1, 0.15) is 0 Å². The number of hydrogen-bond donors (Lipinski definition) is 1. The van der Waals surface area contributed by atoms with Crippen LogP contribution in [0.5, 0.6) is 0 Å². The van der Waals surface area contributed by atoms with Gasteiger partial charge in [0.05, 0.1) is 9.89 Å². The number of rotatable bonds is 4. The Hall–Kier alpha value is 0.100. The van der Waals surface area contributed by atoms with Gasteiger partial charge in [-0.25, -0.2) is 0 Å². The molecule has 1 aliphatic rings. The lowest BCUT2D eigenvalue weighted by Gasteiger charge is -2.25. The molecule has 2 unspecified atom stereocenters. The van der Waals surface area contributed by atoms with Crippen LogP contribution in [0.2, 0.25) is 0 Å². The molecule has 90 valence electrons. The van der Waals surface area contributed by atoms with Crippen molar-refractivity contribution < 1.29 is 5.11 Å². The van der Waals surface area contributed by atoms with E-state index in [1.165, 1.54) is 28.7 Å². The zero-order valence-corrected chi connectivity index (χ0v) is 11.9. The molecule has 1 aromatic heterocycles. The predicted molar refractivity (Wildman–Crippen MR) is 71.7 cm³/mol. The number of hydrogen-bond acceptors (Lipinski definition) is 3. The minimum atomic E-state index is -0.181. The van der Waals surface area contributed by atoms with Gasteiger partial charge in [0.15, 0.2) is 0 Å². The predicted octanol–water partition coefficient (Wildman–Crippen LogP) is 3.25. The van der Waals surface area contributed by atoms with Crippen molar-refractivity contribution in [2.24, 2.45) is 0 Å². The van der Waals surface area contributed by atoms with Crippen LogP contribution in [-0.4, -0.2) is 28.7 Å². The van der Waals surface area contributed by atoms with E-state index in [1.807, 2.05) is 6.92 Å². The van der Waals surface area contributed by atoms with Crippen LogP contribution in [0.4, 0.5) is 0 Å². The molecule has 0 aromatic carbocycles. The monoisotopic (exact) mass is 303 g/mol. The third-order valence-corrected chi connectivity index (χ3v) is 4.67. The van der Waals surface area contributed by atoms with Crippen molar-refractivity contribution in [1.29, 1.82) is 0 Å². The van der Waals surface area contributed by atoms with Gasteiger partial charge in [0.25, 0.3) is 0 Å². The molecule has 1 aromatic rings. The number of thiophene rings is 1. The van der Waals surface area contributed by atoms with Crippen LogP contribution >= 0.6 is 27.3 Å². The lowest BCUT2D eigenvalue weighted by atomic mass is 10.1. The lowest BCUT2D eigenvalue weighted by molar-refractivity contribution is 0.131. The van der Waals surface area contributed by atoms with Crippen molar-refractivity contribution in [3.8, 4) is 0 Å². The lowest BCUT2D eigenvalue weighted by Crippen LogP contribution is -2.31. The fourth-order valence-corrected chi connectivity index (χ4v) is 3.63. The Kier molecular flexibility index (Phi) is 4.41. The Morgan fingerprint density at radius 1 is 1.69 bits per heavy atom.